The molecular formula is C4H8BNO. The standard InChI is InChI=1S/C4H8BNO/c1-6-3-2-4(7)5-6/h5H,2-3H2,1H3. The van der Waals surface area contributed by atoms with Crippen molar-refractivity contribution in [3.63, 3.8) is 0 Å². The predicted molar refractivity (Wildman–Crippen MR) is 29.4 cm³/mol. The summed E-state index contributed by atoms with van der Waals surface area (Å²) in [6, 6.07) is 0. The van der Waals surface area contributed by atoms with Gasteiger partial charge in [0.1, 0.15) is 5.68 Å². The van der Waals surface area contributed by atoms with Crippen LogP contribution in [0.3, 0.4) is 0 Å². The molecule has 0 radical (unpaired) electrons. The molecule has 7 heavy (non-hydrogen) atoms. The van der Waals surface area contributed by atoms with Crippen molar-refractivity contribution in [1.82, 2.24) is 4.81 Å². The zero-order valence-corrected chi connectivity index (χ0v) is 4.48. The van der Waals surface area contributed by atoms with Crippen LogP contribution < -0.4 is 0 Å². The Bertz CT molecular complexity index is 93.7. The first-order valence-electron chi connectivity index (χ1n) is 2.49. The van der Waals surface area contributed by atoms with Crippen LogP contribution in [0.15, 0.2) is 0 Å². The van der Waals surface area contributed by atoms with Crippen LogP contribution >= 0.6 is 0 Å². The van der Waals surface area contributed by atoms with Gasteiger partial charge in [0.15, 0.2) is 0 Å². The summed E-state index contributed by atoms with van der Waals surface area (Å²) in [7, 11) is 2.63. The van der Waals surface area contributed by atoms with Crippen molar-refractivity contribution in [3.05, 3.63) is 0 Å². The maximum atomic E-state index is 10.4. The molecule has 0 aliphatic carbocycles. The summed E-state index contributed by atoms with van der Waals surface area (Å²) in [5, 5.41) is 0. The molecule has 1 heterocycles. The van der Waals surface area contributed by atoms with Crippen LogP contribution in [0.1, 0.15) is 6.42 Å². The maximum absolute atomic E-state index is 10.4. The Labute approximate surface area is 43.8 Å². The van der Waals surface area contributed by atoms with Crippen molar-refractivity contribution in [2.24, 2.45) is 0 Å². The van der Waals surface area contributed by atoms with Gasteiger partial charge in [-0.3, -0.25) is 0 Å². The first-order chi connectivity index (χ1) is 3.29. The molecule has 0 atom stereocenters. The molecule has 2 nitrogen and oxygen atoms in total. The lowest BCUT2D eigenvalue weighted by molar-refractivity contribution is -0.111. The quantitative estimate of drug-likeness (QED) is 0.369. The third-order valence-electron chi connectivity index (χ3n) is 1.22. The van der Waals surface area contributed by atoms with E-state index in [0.717, 1.165) is 13.0 Å². The summed E-state index contributed by atoms with van der Waals surface area (Å²) in [4.78, 5) is 12.4. The molecule has 38 valence electrons. The Morgan fingerprint density at radius 1 is 1.86 bits per heavy atom. The van der Waals surface area contributed by atoms with Crippen LogP contribution in [0.25, 0.3) is 0 Å². The van der Waals surface area contributed by atoms with Gasteiger partial charge >= 0.3 is 0 Å². The Hall–Kier alpha value is -0.305. The van der Waals surface area contributed by atoms with Gasteiger partial charge in [0, 0.05) is 6.42 Å². The van der Waals surface area contributed by atoms with Crippen LogP contribution in [0.5, 0.6) is 0 Å². The average molecular weight is 96.9 g/mol. The van der Waals surface area contributed by atoms with E-state index in [9.17, 15) is 4.79 Å². The molecule has 1 fully saturated rings. The van der Waals surface area contributed by atoms with Gasteiger partial charge in [-0.2, -0.15) is 0 Å². The Kier molecular flexibility index (Phi) is 1.15. The number of nitrogens with zero attached hydrogens (tertiary/aromatic N) is 1. The largest absolute Gasteiger partial charge is 0.341 e. The fourth-order valence-electron chi connectivity index (χ4n) is 0.775. The number of carbonyl (C=O) groups is 1. The second kappa shape index (κ2) is 1.66. The van der Waals surface area contributed by atoms with Crippen molar-refractivity contribution in [2.45, 2.75) is 6.42 Å². The molecule has 0 amide bonds. The van der Waals surface area contributed by atoms with Gasteiger partial charge in [-0.1, -0.05) is 0 Å². The number of rotatable bonds is 0. The monoisotopic (exact) mass is 97.1 g/mol. The summed E-state index contributed by atoms with van der Waals surface area (Å²) in [6.07, 6.45) is 0.760. The molecule has 0 aromatic carbocycles. The highest BCUT2D eigenvalue weighted by Crippen LogP contribution is 1.95. The van der Waals surface area contributed by atoms with E-state index < -0.39 is 0 Å². The van der Waals surface area contributed by atoms with Gasteiger partial charge in [0.2, 0.25) is 0 Å². The topological polar surface area (TPSA) is 20.3 Å². The van der Waals surface area contributed by atoms with Crippen molar-refractivity contribution in [3.8, 4) is 0 Å². The molecule has 0 N–H and O–H groups in total. The maximum Gasteiger partial charge on any atom is 0.285 e. The molecule has 0 aromatic heterocycles. The minimum absolute atomic E-state index is 0.377. The number of hydrogen-bond donors (Lipinski definition) is 0. The number of hydrogen-bond acceptors (Lipinski definition) is 2. The van der Waals surface area contributed by atoms with Crippen LogP contribution in [-0.4, -0.2) is 31.5 Å². The smallest absolute Gasteiger partial charge is 0.285 e. The summed E-state index contributed by atoms with van der Waals surface area (Å²) in [5.74, 6) is 0. The van der Waals surface area contributed by atoms with Crippen LogP contribution in [0.2, 0.25) is 0 Å². The molecule has 0 saturated carbocycles. The molecule has 1 aliphatic heterocycles. The Morgan fingerprint density at radius 3 is 2.71 bits per heavy atom. The normalized spacial score (nSPS) is 22.7. The summed E-state index contributed by atoms with van der Waals surface area (Å²) in [5.41, 5.74) is 0.377. The highest BCUT2D eigenvalue weighted by molar-refractivity contribution is 6.72. The summed E-state index contributed by atoms with van der Waals surface area (Å²) in [6.45, 7) is 0.957. The predicted octanol–water partition coefficient (Wildman–Crippen LogP) is -0.800. The molecule has 0 aromatic rings. The lowest BCUT2D eigenvalue weighted by Gasteiger charge is -1.98. The lowest BCUT2D eigenvalue weighted by atomic mass is 9.90. The van der Waals surface area contributed by atoms with Crippen LogP contribution in [0.4, 0.5) is 0 Å². The van der Waals surface area contributed by atoms with Crippen LogP contribution in [0, 0.1) is 0 Å². The third-order valence-corrected chi connectivity index (χ3v) is 1.22. The van der Waals surface area contributed by atoms with E-state index in [1.54, 1.807) is 0 Å². The molecule has 3 heteroatoms. The fourth-order valence-corrected chi connectivity index (χ4v) is 0.775. The summed E-state index contributed by atoms with van der Waals surface area (Å²) < 4.78 is 0. The first kappa shape index (κ1) is 4.84. The van der Waals surface area contributed by atoms with E-state index >= 15 is 0 Å². The van der Waals surface area contributed by atoms with Gasteiger partial charge < -0.3 is 9.61 Å². The molecule has 1 saturated heterocycles. The minimum atomic E-state index is 0.377. The fraction of sp³-hybridized carbons (Fsp3) is 0.750. The van der Waals surface area contributed by atoms with E-state index in [2.05, 4.69) is 0 Å². The molecule has 0 bridgehead atoms. The molecule has 1 aliphatic rings. The highest BCUT2D eigenvalue weighted by atomic mass is 16.1. The van der Waals surface area contributed by atoms with Crippen molar-refractivity contribution in [2.75, 3.05) is 13.6 Å². The second-order valence-electron chi connectivity index (χ2n) is 2.03. The first-order valence-corrected chi connectivity index (χ1v) is 2.49. The highest BCUT2D eigenvalue weighted by Gasteiger charge is 2.16. The van der Waals surface area contributed by atoms with Crippen molar-refractivity contribution >= 4 is 13.1 Å². The molecule has 0 spiro atoms. The Balaban J connectivity index is 2.40. The van der Waals surface area contributed by atoms with Crippen LogP contribution in [-0.2, 0) is 4.79 Å². The Morgan fingerprint density at radius 2 is 2.57 bits per heavy atom. The van der Waals surface area contributed by atoms with Gasteiger partial charge in [0.05, 0.1) is 0 Å². The van der Waals surface area contributed by atoms with Crippen molar-refractivity contribution < 1.29 is 4.79 Å². The van der Waals surface area contributed by atoms with E-state index in [-0.39, 0.29) is 0 Å². The molecule has 0 unspecified atom stereocenters. The van der Waals surface area contributed by atoms with E-state index in [0.29, 0.717) is 13.1 Å². The summed E-state index contributed by atoms with van der Waals surface area (Å²) >= 11 is 0. The molecule has 1 rings (SSSR count). The number of carbonyl (C=O) groups excluding carboxylic acids is 1. The van der Waals surface area contributed by atoms with Gasteiger partial charge in [-0.05, 0) is 13.6 Å². The SMILES string of the molecule is CN1BC(=O)CC1. The van der Waals surface area contributed by atoms with Gasteiger partial charge in [-0.15, -0.1) is 0 Å². The third kappa shape index (κ3) is 1.03. The van der Waals surface area contributed by atoms with Gasteiger partial charge in [0.25, 0.3) is 7.41 Å². The van der Waals surface area contributed by atoms with E-state index in [1.807, 2.05) is 11.9 Å². The molecular weight excluding hydrogens is 88.9 g/mol. The van der Waals surface area contributed by atoms with E-state index in [4.69, 9.17) is 0 Å². The van der Waals surface area contributed by atoms with E-state index in [1.165, 1.54) is 0 Å². The zero-order chi connectivity index (χ0) is 5.28. The zero-order valence-electron chi connectivity index (χ0n) is 4.48. The second-order valence-corrected chi connectivity index (χ2v) is 2.03. The average Bonchev–Trinajstić information content (AvgIpc) is 1.87. The minimum Gasteiger partial charge on any atom is -0.341 e. The van der Waals surface area contributed by atoms with Crippen molar-refractivity contribution in [1.29, 1.82) is 0 Å². The lowest BCUT2D eigenvalue weighted by Crippen LogP contribution is -2.17. The van der Waals surface area contributed by atoms with Gasteiger partial charge in [-0.25, -0.2) is 0 Å².